The summed E-state index contributed by atoms with van der Waals surface area (Å²) in [5.41, 5.74) is 1.49. The molecule has 2 aliphatic rings. The summed E-state index contributed by atoms with van der Waals surface area (Å²) >= 11 is 0. The highest BCUT2D eigenvalue weighted by Crippen LogP contribution is 2.42. The molecule has 1 aliphatic heterocycles. The average Bonchev–Trinajstić information content (AvgIpc) is 3.47. The van der Waals surface area contributed by atoms with Gasteiger partial charge in [0.05, 0.1) is 17.6 Å². The van der Waals surface area contributed by atoms with Crippen molar-refractivity contribution in [3.63, 3.8) is 0 Å². The van der Waals surface area contributed by atoms with Crippen molar-refractivity contribution in [1.29, 1.82) is 0 Å². The van der Waals surface area contributed by atoms with E-state index in [4.69, 9.17) is 4.74 Å². The predicted octanol–water partition coefficient (Wildman–Crippen LogP) is 4.37. The van der Waals surface area contributed by atoms with Crippen LogP contribution in [0.1, 0.15) is 69.5 Å². The van der Waals surface area contributed by atoms with E-state index in [-0.39, 0.29) is 17.3 Å². The van der Waals surface area contributed by atoms with Gasteiger partial charge in [-0.25, -0.2) is 14.2 Å². The predicted molar refractivity (Wildman–Crippen MR) is 144 cm³/mol. The molecule has 8 nitrogen and oxygen atoms in total. The normalized spacial score (nSPS) is 18.6. The number of hydrogen-bond donors (Lipinski definition) is 3. The van der Waals surface area contributed by atoms with Crippen LogP contribution in [-0.4, -0.2) is 64.7 Å². The zero-order valence-corrected chi connectivity index (χ0v) is 22.5. The molecule has 2 heterocycles. The number of halogens is 1. The van der Waals surface area contributed by atoms with Crippen LogP contribution in [0.4, 0.5) is 9.18 Å². The van der Waals surface area contributed by atoms with E-state index >= 15 is 0 Å². The van der Waals surface area contributed by atoms with Crippen LogP contribution in [0.3, 0.4) is 0 Å². The Hall–Kier alpha value is -2.94. The first-order valence-corrected chi connectivity index (χ1v) is 14.2. The lowest BCUT2D eigenvalue weighted by atomic mass is 9.72. The fraction of sp³-hybridized carbons (Fsp3) is 0.621. The molecule has 1 atom stereocenters. The molecule has 1 aliphatic carbocycles. The maximum Gasteiger partial charge on any atom is 0.315 e. The molecule has 1 saturated heterocycles. The van der Waals surface area contributed by atoms with Crippen LogP contribution >= 0.6 is 0 Å². The number of benzene rings is 1. The van der Waals surface area contributed by atoms with Crippen LogP contribution in [0.5, 0.6) is 0 Å². The number of likely N-dealkylation sites (tertiary alicyclic amines) is 1. The molecular formula is C29H42FN5O3. The van der Waals surface area contributed by atoms with Crippen molar-refractivity contribution in [2.75, 3.05) is 26.2 Å². The quantitative estimate of drug-likeness (QED) is 0.404. The number of ether oxygens (including phenoxy) is 1. The molecule has 0 spiro atoms. The molecule has 1 aromatic heterocycles. The highest BCUT2D eigenvalue weighted by atomic mass is 19.1. The van der Waals surface area contributed by atoms with E-state index in [1.807, 2.05) is 4.90 Å². The van der Waals surface area contributed by atoms with Crippen LogP contribution in [0.2, 0.25) is 0 Å². The first-order valence-electron chi connectivity index (χ1n) is 14.2. The number of aromatic nitrogens is 2. The number of piperidine rings is 1. The molecule has 1 aromatic carbocycles. The van der Waals surface area contributed by atoms with Crippen LogP contribution < -0.4 is 10.6 Å². The number of nitrogens with one attached hydrogen (secondary N) is 3. The van der Waals surface area contributed by atoms with Gasteiger partial charge in [0.1, 0.15) is 11.9 Å². The van der Waals surface area contributed by atoms with Gasteiger partial charge in [-0.05, 0) is 55.7 Å². The van der Waals surface area contributed by atoms with Gasteiger partial charge in [-0.1, -0.05) is 38.3 Å². The molecule has 3 N–H and O–H groups in total. The lowest BCUT2D eigenvalue weighted by Crippen LogP contribution is -2.57. The number of hydrogen-bond acceptors (Lipinski definition) is 4. The second-order valence-corrected chi connectivity index (χ2v) is 10.7. The Bertz CT molecular complexity index is 1000. The first kappa shape index (κ1) is 28.1. The lowest BCUT2D eigenvalue weighted by molar-refractivity contribution is -0.149. The summed E-state index contributed by atoms with van der Waals surface area (Å²) in [6.07, 6.45) is 13.1. The van der Waals surface area contributed by atoms with Crippen LogP contribution in [-0.2, 0) is 22.4 Å². The number of aromatic amines is 1. The summed E-state index contributed by atoms with van der Waals surface area (Å²) in [4.78, 5) is 35.4. The third-order valence-electron chi connectivity index (χ3n) is 8.04. The maximum absolute atomic E-state index is 13.7. The summed E-state index contributed by atoms with van der Waals surface area (Å²) in [5.74, 6) is 0.112. The van der Waals surface area contributed by atoms with E-state index in [0.29, 0.717) is 38.4 Å². The standard InChI is InChI=1S/C29H42FN5O3/c1-2-18-38-29(23-6-4-3-5-7-23)13-16-35(17-14-29)27(36)26(19-22-8-10-24(30)11-9-22)34-28(37)32-15-12-25-20-31-21-33-25/h8-11,20-21,23,26H,2-7,12-19H2,1H3,(H,31,33)(H2,32,34,37). The summed E-state index contributed by atoms with van der Waals surface area (Å²) in [7, 11) is 0. The summed E-state index contributed by atoms with van der Waals surface area (Å²) in [6.45, 7) is 4.51. The minimum absolute atomic E-state index is 0.107. The SMILES string of the molecule is CCCOC1(C2CCCCC2)CCN(C(=O)C(Cc2ccc(F)cc2)NC(=O)NCCc2c[nH]cn2)CC1. The van der Waals surface area contributed by atoms with E-state index in [9.17, 15) is 14.0 Å². The second kappa shape index (κ2) is 13.7. The Morgan fingerprint density at radius 1 is 1.18 bits per heavy atom. The number of nitrogens with zero attached hydrogens (tertiary/aromatic N) is 2. The zero-order chi connectivity index (χ0) is 26.8. The number of imidazole rings is 1. The maximum atomic E-state index is 13.7. The Morgan fingerprint density at radius 2 is 1.92 bits per heavy atom. The monoisotopic (exact) mass is 527 g/mol. The first-order chi connectivity index (χ1) is 18.5. The number of amides is 3. The fourth-order valence-electron chi connectivity index (χ4n) is 5.93. The molecule has 1 unspecified atom stereocenters. The Kier molecular flexibility index (Phi) is 10.1. The van der Waals surface area contributed by atoms with Gasteiger partial charge in [0, 0.05) is 45.3 Å². The number of carbonyl (C=O) groups excluding carboxylic acids is 2. The van der Waals surface area contributed by atoms with Gasteiger partial charge in [-0.2, -0.15) is 0 Å². The van der Waals surface area contributed by atoms with E-state index in [0.717, 1.165) is 37.1 Å². The van der Waals surface area contributed by atoms with Gasteiger partial charge < -0.3 is 25.3 Å². The Balaban J connectivity index is 1.39. The average molecular weight is 528 g/mol. The molecule has 0 bridgehead atoms. The number of H-pyrrole nitrogens is 1. The minimum atomic E-state index is -0.746. The van der Waals surface area contributed by atoms with Crippen LogP contribution in [0, 0.1) is 11.7 Å². The van der Waals surface area contributed by atoms with Gasteiger partial charge in [-0.3, -0.25) is 4.79 Å². The van der Waals surface area contributed by atoms with Gasteiger partial charge in [0.25, 0.3) is 0 Å². The number of rotatable bonds is 11. The van der Waals surface area contributed by atoms with Crippen molar-refractivity contribution in [2.24, 2.45) is 5.92 Å². The molecule has 2 fully saturated rings. The Labute approximate surface area is 225 Å². The van der Waals surface area contributed by atoms with Crippen LogP contribution in [0.25, 0.3) is 0 Å². The summed E-state index contributed by atoms with van der Waals surface area (Å²) < 4.78 is 20.0. The topological polar surface area (TPSA) is 99.4 Å². The molecule has 38 heavy (non-hydrogen) atoms. The van der Waals surface area contributed by atoms with Gasteiger partial charge in [0.2, 0.25) is 5.91 Å². The third-order valence-corrected chi connectivity index (χ3v) is 8.04. The van der Waals surface area contributed by atoms with E-state index < -0.39 is 12.1 Å². The molecule has 9 heteroatoms. The molecule has 4 rings (SSSR count). The molecule has 0 radical (unpaired) electrons. The largest absolute Gasteiger partial charge is 0.375 e. The summed E-state index contributed by atoms with van der Waals surface area (Å²) in [5, 5.41) is 5.71. The number of urea groups is 1. The minimum Gasteiger partial charge on any atom is -0.375 e. The molecular weight excluding hydrogens is 485 g/mol. The molecule has 3 amide bonds. The van der Waals surface area contributed by atoms with Gasteiger partial charge >= 0.3 is 6.03 Å². The lowest BCUT2D eigenvalue weighted by Gasteiger charge is -2.48. The highest BCUT2D eigenvalue weighted by molar-refractivity contribution is 5.87. The van der Waals surface area contributed by atoms with Crippen molar-refractivity contribution < 1.29 is 18.7 Å². The highest BCUT2D eigenvalue weighted by Gasteiger charge is 2.44. The van der Waals surface area contributed by atoms with Crippen molar-refractivity contribution in [3.8, 4) is 0 Å². The smallest absolute Gasteiger partial charge is 0.315 e. The molecule has 208 valence electrons. The van der Waals surface area contributed by atoms with E-state index in [1.165, 1.54) is 44.2 Å². The van der Waals surface area contributed by atoms with Gasteiger partial charge in [-0.15, -0.1) is 0 Å². The second-order valence-electron chi connectivity index (χ2n) is 10.7. The molecule has 2 aromatic rings. The van der Waals surface area contributed by atoms with Crippen molar-refractivity contribution in [1.82, 2.24) is 25.5 Å². The Morgan fingerprint density at radius 3 is 2.58 bits per heavy atom. The van der Waals surface area contributed by atoms with Crippen molar-refractivity contribution in [3.05, 3.63) is 53.9 Å². The third kappa shape index (κ3) is 7.56. The molecule has 1 saturated carbocycles. The van der Waals surface area contributed by atoms with Crippen molar-refractivity contribution >= 4 is 11.9 Å². The summed E-state index contributed by atoms with van der Waals surface area (Å²) in [6, 6.07) is 4.94. The fourth-order valence-corrected chi connectivity index (χ4v) is 5.93. The number of carbonyl (C=O) groups is 2. The van der Waals surface area contributed by atoms with Gasteiger partial charge in [0.15, 0.2) is 0 Å². The van der Waals surface area contributed by atoms with E-state index in [1.54, 1.807) is 24.7 Å². The van der Waals surface area contributed by atoms with E-state index in [2.05, 4.69) is 27.5 Å². The van der Waals surface area contributed by atoms with Crippen LogP contribution in [0.15, 0.2) is 36.8 Å². The van der Waals surface area contributed by atoms with Crippen molar-refractivity contribution in [2.45, 2.75) is 82.8 Å². The zero-order valence-electron chi connectivity index (χ0n) is 22.5.